The minimum Gasteiger partial charge on any atom is -0.394 e. The summed E-state index contributed by atoms with van der Waals surface area (Å²) in [5.74, 6) is -0.942. The second-order valence-corrected chi connectivity index (χ2v) is 4.47. The van der Waals surface area contributed by atoms with Gasteiger partial charge < -0.3 is 10.4 Å². The molecule has 0 fully saturated rings. The molecule has 0 radical (unpaired) electrons. The van der Waals surface area contributed by atoms with Gasteiger partial charge in [-0.1, -0.05) is 23.7 Å². The van der Waals surface area contributed by atoms with Crippen molar-refractivity contribution in [1.29, 1.82) is 0 Å². The first-order valence-corrected chi connectivity index (χ1v) is 6.06. The van der Waals surface area contributed by atoms with Crippen molar-refractivity contribution in [3.8, 4) is 0 Å². The first kappa shape index (κ1) is 13.8. The van der Waals surface area contributed by atoms with Gasteiger partial charge in [-0.05, 0) is 35.9 Å². The number of hydrogen-bond donors (Lipinski definition) is 2. The summed E-state index contributed by atoms with van der Waals surface area (Å²) >= 11 is 5.60. The fraction of sp³-hybridized carbons (Fsp3) is 0.143. The third-order valence-corrected chi connectivity index (χ3v) is 3.00. The predicted octanol–water partition coefficient (Wildman–Crippen LogP) is 3.76. The summed E-state index contributed by atoms with van der Waals surface area (Å²) in [5, 5.41) is 12.3. The van der Waals surface area contributed by atoms with Crippen molar-refractivity contribution >= 4 is 17.3 Å². The lowest BCUT2D eigenvalue weighted by molar-refractivity contribution is 0.276. The third kappa shape index (κ3) is 3.43. The fourth-order valence-corrected chi connectivity index (χ4v) is 1.86. The highest BCUT2D eigenvalue weighted by atomic mass is 35.5. The van der Waals surface area contributed by atoms with Crippen molar-refractivity contribution in [2.24, 2.45) is 0 Å². The number of benzene rings is 2. The molecule has 1 atom stereocenters. The van der Waals surface area contributed by atoms with Crippen LogP contribution in [-0.2, 0) is 0 Å². The molecule has 0 heterocycles. The molecule has 2 N–H and O–H groups in total. The van der Waals surface area contributed by atoms with E-state index in [-0.39, 0.29) is 17.4 Å². The molecule has 100 valence electrons. The second-order valence-electron chi connectivity index (χ2n) is 4.06. The lowest BCUT2D eigenvalue weighted by Crippen LogP contribution is -2.15. The number of anilines is 1. The summed E-state index contributed by atoms with van der Waals surface area (Å²) in [4.78, 5) is 0. The number of nitrogens with one attached hydrogen (secondary N) is 1. The number of aliphatic hydroxyl groups is 1. The standard InChI is InChI=1S/C14H12ClF2NO/c15-12-5-4-9(6-13(12)17)14(8-19)18-11-3-1-2-10(16)7-11/h1-7,14,18-19H,8H2. The third-order valence-electron chi connectivity index (χ3n) is 2.69. The van der Waals surface area contributed by atoms with E-state index < -0.39 is 11.9 Å². The van der Waals surface area contributed by atoms with E-state index in [1.807, 2.05) is 0 Å². The molecular weight excluding hydrogens is 272 g/mol. The molecule has 2 aromatic rings. The zero-order valence-corrected chi connectivity index (χ0v) is 10.7. The van der Waals surface area contributed by atoms with Crippen LogP contribution >= 0.6 is 11.6 Å². The lowest BCUT2D eigenvalue weighted by Gasteiger charge is -2.18. The summed E-state index contributed by atoms with van der Waals surface area (Å²) in [6.07, 6.45) is 0. The molecule has 19 heavy (non-hydrogen) atoms. The van der Waals surface area contributed by atoms with Gasteiger partial charge in [0.1, 0.15) is 11.6 Å². The summed E-state index contributed by atoms with van der Waals surface area (Å²) in [7, 11) is 0. The molecule has 0 bridgehead atoms. The Balaban J connectivity index is 2.22. The van der Waals surface area contributed by atoms with E-state index >= 15 is 0 Å². The van der Waals surface area contributed by atoms with Crippen LogP contribution in [0, 0.1) is 11.6 Å². The topological polar surface area (TPSA) is 32.3 Å². The van der Waals surface area contributed by atoms with Crippen molar-refractivity contribution in [2.45, 2.75) is 6.04 Å². The van der Waals surface area contributed by atoms with E-state index in [1.54, 1.807) is 18.2 Å². The summed E-state index contributed by atoms with van der Waals surface area (Å²) in [6, 6.07) is 9.58. The Bertz CT molecular complexity index is 577. The maximum atomic E-state index is 13.4. The Morgan fingerprint density at radius 3 is 2.58 bits per heavy atom. The summed E-state index contributed by atoms with van der Waals surface area (Å²) < 4.78 is 26.4. The average Bonchev–Trinajstić information content (AvgIpc) is 2.39. The molecule has 0 amide bonds. The Kier molecular flexibility index (Phi) is 4.35. The van der Waals surface area contributed by atoms with Gasteiger partial charge in [0.25, 0.3) is 0 Å². The van der Waals surface area contributed by atoms with E-state index in [1.165, 1.54) is 24.3 Å². The zero-order chi connectivity index (χ0) is 13.8. The van der Waals surface area contributed by atoms with Crippen LogP contribution in [0.25, 0.3) is 0 Å². The number of aliphatic hydroxyl groups excluding tert-OH is 1. The van der Waals surface area contributed by atoms with Crippen LogP contribution in [0.2, 0.25) is 5.02 Å². The first-order chi connectivity index (χ1) is 9.10. The molecule has 5 heteroatoms. The van der Waals surface area contributed by atoms with Gasteiger partial charge in [-0.25, -0.2) is 8.78 Å². The van der Waals surface area contributed by atoms with Crippen LogP contribution in [0.3, 0.4) is 0 Å². The molecule has 0 aliphatic heterocycles. The molecule has 0 aromatic heterocycles. The van der Waals surface area contributed by atoms with Crippen LogP contribution in [0.5, 0.6) is 0 Å². The van der Waals surface area contributed by atoms with Crippen molar-refractivity contribution < 1.29 is 13.9 Å². The minimum atomic E-state index is -0.557. The zero-order valence-electron chi connectivity index (χ0n) is 9.91. The average molecular weight is 284 g/mol. The lowest BCUT2D eigenvalue weighted by atomic mass is 10.1. The molecule has 0 aliphatic rings. The maximum Gasteiger partial charge on any atom is 0.142 e. The largest absolute Gasteiger partial charge is 0.394 e. The van der Waals surface area contributed by atoms with E-state index in [4.69, 9.17) is 11.6 Å². The van der Waals surface area contributed by atoms with Crippen molar-refractivity contribution in [1.82, 2.24) is 0 Å². The van der Waals surface area contributed by atoms with Crippen molar-refractivity contribution in [3.05, 3.63) is 64.7 Å². The maximum absolute atomic E-state index is 13.4. The number of rotatable bonds is 4. The van der Waals surface area contributed by atoms with Crippen LogP contribution in [0.4, 0.5) is 14.5 Å². The molecule has 0 spiro atoms. The van der Waals surface area contributed by atoms with Crippen molar-refractivity contribution in [2.75, 3.05) is 11.9 Å². The van der Waals surface area contributed by atoms with Crippen LogP contribution in [-0.4, -0.2) is 11.7 Å². The highest BCUT2D eigenvalue weighted by Crippen LogP contribution is 2.23. The van der Waals surface area contributed by atoms with Gasteiger partial charge in [-0.3, -0.25) is 0 Å². The van der Waals surface area contributed by atoms with Crippen LogP contribution < -0.4 is 5.32 Å². The molecule has 0 aliphatic carbocycles. The smallest absolute Gasteiger partial charge is 0.142 e. The molecule has 2 rings (SSSR count). The molecule has 0 saturated heterocycles. The summed E-state index contributed by atoms with van der Waals surface area (Å²) in [5.41, 5.74) is 1.04. The van der Waals surface area contributed by atoms with E-state index in [2.05, 4.69) is 5.32 Å². The van der Waals surface area contributed by atoms with Crippen LogP contribution in [0.1, 0.15) is 11.6 Å². The van der Waals surface area contributed by atoms with Crippen molar-refractivity contribution in [3.63, 3.8) is 0 Å². The summed E-state index contributed by atoms with van der Waals surface area (Å²) in [6.45, 7) is -0.252. The van der Waals surface area contributed by atoms with E-state index in [0.717, 1.165) is 0 Å². The second kappa shape index (κ2) is 5.99. The molecular formula is C14H12ClF2NO. The molecule has 1 unspecified atom stereocenters. The number of halogens is 3. The molecule has 2 aromatic carbocycles. The monoisotopic (exact) mass is 283 g/mol. The van der Waals surface area contributed by atoms with Gasteiger partial charge >= 0.3 is 0 Å². The van der Waals surface area contributed by atoms with Gasteiger partial charge in [-0.2, -0.15) is 0 Å². The molecule has 2 nitrogen and oxygen atoms in total. The van der Waals surface area contributed by atoms with Gasteiger partial charge in [0.05, 0.1) is 17.7 Å². The van der Waals surface area contributed by atoms with E-state index in [9.17, 15) is 13.9 Å². The Hall–Kier alpha value is -1.65. The Morgan fingerprint density at radius 1 is 1.16 bits per heavy atom. The predicted molar refractivity (Wildman–Crippen MR) is 71.3 cm³/mol. The van der Waals surface area contributed by atoms with Crippen LogP contribution in [0.15, 0.2) is 42.5 Å². The Labute approximate surface area is 114 Å². The van der Waals surface area contributed by atoms with Gasteiger partial charge in [0.15, 0.2) is 0 Å². The SMILES string of the molecule is OCC(Nc1cccc(F)c1)c1ccc(Cl)c(F)c1. The quantitative estimate of drug-likeness (QED) is 0.895. The minimum absolute atomic E-state index is 0.0196. The fourth-order valence-electron chi connectivity index (χ4n) is 1.74. The highest BCUT2D eigenvalue weighted by Gasteiger charge is 2.12. The normalized spacial score (nSPS) is 12.2. The first-order valence-electron chi connectivity index (χ1n) is 5.68. The van der Waals surface area contributed by atoms with Gasteiger partial charge in [0, 0.05) is 5.69 Å². The Morgan fingerprint density at radius 2 is 1.95 bits per heavy atom. The molecule has 0 saturated carbocycles. The van der Waals surface area contributed by atoms with Gasteiger partial charge in [-0.15, -0.1) is 0 Å². The van der Waals surface area contributed by atoms with Gasteiger partial charge in [0.2, 0.25) is 0 Å². The number of hydrogen-bond acceptors (Lipinski definition) is 2. The van der Waals surface area contributed by atoms with E-state index in [0.29, 0.717) is 11.3 Å². The highest BCUT2D eigenvalue weighted by molar-refractivity contribution is 6.30.